The summed E-state index contributed by atoms with van der Waals surface area (Å²) in [7, 11) is 0. The van der Waals surface area contributed by atoms with Crippen LogP contribution in [0, 0.1) is 6.92 Å². The monoisotopic (exact) mass is 286 g/mol. The van der Waals surface area contributed by atoms with Gasteiger partial charge in [0, 0.05) is 23.5 Å². The average Bonchev–Trinajstić information content (AvgIpc) is 3.27. The molecule has 0 radical (unpaired) electrons. The smallest absolute Gasteiger partial charge is 0.134 e. The minimum Gasteiger partial charge on any atom is -0.461 e. The SMILES string of the molecule is CCCCN(C1CC1)C(CN)c1c(C)oc2ccccc12. The first kappa shape index (κ1) is 14.6. The van der Waals surface area contributed by atoms with Crippen molar-refractivity contribution in [3.8, 4) is 0 Å². The Bertz CT molecular complexity index is 600. The summed E-state index contributed by atoms with van der Waals surface area (Å²) in [5, 5.41) is 1.23. The standard InChI is InChI=1S/C18H26N2O/c1-3-4-11-20(14-9-10-14)16(12-19)18-13(2)21-17-8-6-5-7-15(17)18/h5-8,14,16H,3-4,9-12,19H2,1-2H3. The second-order valence-corrected chi connectivity index (χ2v) is 6.14. The Kier molecular flexibility index (Phi) is 4.32. The van der Waals surface area contributed by atoms with Gasteiger partial charge >= 0.3 is 0 Å². The highest BCUT2D eigenvalue weighted by molar-refractivity contribution is 5.82. The third kappa shape index (κ3) is 2.85. The van der Waals surface area contributed by atoms with Crippen LogP contribution in [0.5, 0.6) is 0 Å². The number of rotatable bonds is 7. The van der Waals surface area contributed by atoms with E-state index < -0.39 is 0 Å². The Morgan fingerprint density at radius 2 is 2.10 bits per heavy atom. The van der Waals surface area contributed by atoms with Crippen molar-refractivity contribution in [2.75, 3.05) is 13.1 Å². The largest absolute Gasteiger partial charge is 0.461 e. The topological polar surface area (TPSA) is 42.4 Å². The quantitative estimate of drug-likeness (QED) is 0.836. The van der Waals surface area contributed by atoms with Gasteiger partial charge in [-0.15, -0.1) is 0 Å². The highest BCUT2D eigenvalue weighted by Crippen LogP contribution is 2.39. The number of hydrogen-bond acceptors (Lipinski definition) is 3. The summed E-state index contributed by atoms with van der Waals surface area (Å²) in [6.45, 7) is 6.12. The lowest BCUT2D eigenvalue weighted by Gasteiger charge is -2.31. The molecule has 1 aromatic carbocycles. The molecule has 0 saturated heterocycles. The molecule has 0 aliphatic heterocycles. The first-order valence-corrected chi connectivity index (χ1v) is 8.20. The molecule has 1 aliphatic carbocycles. The normalized spacial score (nSPS) is 16.8. The summed E-state index contributed by atoms with van der Waals surface area (Å²) < 4.78 is 5.95. The summed E-state index contributed by atoms with van der Waals surface area (Å²) in [6, 6.07) is 9.33. The number of nitrogens with two attached hydrogens (primary N) is 1. The maximum atomic E-state index is 6.18. The van der Waals surface area contributed by atoms with Crippen molar-refractivity contribution in [1.82, 2.24) is 4.90 Å². The van der Waals surface area contributed by atoms with Gasteiger partial charge in [0.05, 0.1) is 6.04 Å². The van der Waals surface area contributed by atoms with Gasteiger partial charge in [0.2, 0.25) is 0 Å². The summed E-state index contributed by atoms with van der Waals surface area (Å²) in [5.74, 6) is 1.02. The summed E-state index contributed by atoms with van der Waals surface area (Å²) in [4.78, 5) is 2.62. The second-order valence-electron chi connectivity index (χ2n) is 6.14. The lowest BCUT2D eigenvalue weighted by molar-refractivity contribution is 0.187. The molecule has 1 aromatic heterocycles. The van der Waals surface area contributed by atoms with E-state index in [2.05, 4.69) is 30.9 Å². The molecule has 1 saturated carbocycles. The van der Waals surface area contributed by atoms with Crippen molar-refractivity contribution in [3.63, 3.8) is 0 Å². The van der Waals surface area contributed by atoms with Crippen LogP contribution in [0.2, 0.25) is 0 Å². The minimum atomic E-state index is 0.285. The van der Waals surface area contributed by atoms with E-state index in [1.54, 1.807) is 0 Å². The van der Waals surface area contributed by atoms with Crippen molar-refractivity contribution in [1.29, 1.82) is 0 Å². The Balaban J connectivity index is 1.98. The molecule has 1 heterocycles. The third-order valence-corrected chi connectivity index (χ3v) is 4.56. The molecule has 1 aliphatic rings. The van der Waals surface area contributed by atoms with E-state index in [-0.39, 0.29) is 6.04 Å². The predicted octanol–water partition coefficient (Wildman–Crippen LogP) is 4.01. The first-order valence-electron chi connectivity index (χ1n) is 8.20. The number of furan rings is 1. The molecule has 114 valence electrons. The number of para-hydroxylation sites is 1. The summed E-state index contributed by atoms with van der Waals surface area (Å²) in [5.41, 5.74) is 8.46. The Morgan fingerprint density at radius 1 is 1.33 bits per heavy atom. The molecule has 2 N–H and O–H groups in total. The fraction of sp³-hybridized carbons (Fsp3) is 0.556. The van der Waals surface area contributed by atoms with E-state index in [9.17, 15) is 0 Å². The molecular formula is C18H26N2O. The molecule has 1 unspecified atom stereocenters. The Labute approximate surface area is 127 Å². The number of aryl methyl sites for hydroxylation is 1. The third-order valence-electron chi connectivity index (χ3n) is 4.56. The molecule has 21 heavy (non-hydrogen) atoms. The zero-order chi connectivity index (χ0) is 14.8. The summed E-state index contributed by atoms with van der Waals surface area (Å²) >= 11 is 0. The van der Waals surface area contributed by atoms with Crippen LogP contribution in [0.4, 0.5) is 0 Å². The predicted molar refractivity (Wildman–Crippen MR) is 87.4 cm³/mol. The number of hydrogen-bond donors (Lipinski definition) is 1. The van der Waals surface area contributed by atoms with Gasteiger partial charge in [0.1, 0.15) is 11.3 Å². The van der Waals surface area contributed by atoms with Crippen LogP contribution in [0.25, 0.3) is 11.0 Å². The van der Waals surface area contributed by atoms with Gasteiger partial charge in [0.25, 0.3) is 0 Å². The molecule has 0 amide bonds. The maximum Gasteiger partial charge on any atom is 0.134 e. The van der Waals surface area contributed by atoms with Crippen LogP contribution in [0.15, 0.2) is 28.7 Å². The highest BCUT2D eigenvalue weighted by Gasteiger charge is 2.35. The average molecular weight is 286 g/mol. The molecule has 3 heteroatoms. The molecular weight excluding hydrogens is 260 g/mol. The fourth-order valence-corrected chi connectivity index (χ4v) is 3.36. The molecule has 1 fully saturated rings. The first-order chi connectivity index (χ1) is 10.3. The van der Waals surface area contributed by atoms with Crippen LogP contribution in [0.1, 0.15) is 50.0 Å². The van der Waals surface area contributed by atoms with Gasteiger partial charge in [-0.05, 0) is 38.8 Å². The van der Waals surface area contributed by atoms with Crippen molar-refractivity contribution >= 4 is 11.0 Å². The van der Waals surface area contributed by atoms with Gasteiger partial charge in [-0.2, -0.15) is 0 Å². The molecule has 1 atom stereocenters. The molecule has 0 bridgehead atoms. The van der Waals surface area contributed by atoms with Gasteiger partial charge in [0.15, 0.2) is 0 Å². The molecule has 0 spiro atoms. The van der Waals surface area contributed by atoms with E-state index in [1.807, 2.05) is 12.1 Å². The lowest BCUT2D eigenvalue weighted by Crippen LogP contribution is -2.36. The number of unbranched alkanes of at least 4 members (excludes halogenated alkanes) is 1. The second kappa shape index (κ2) is 6.20. The Hall–Kier alpha value is -1.32. The number of fused-ring (bicyclic) bond motifs is 1. The van der Waals surface area contributed by atoms with Crippen LogP contribution in [0.3, 0.4) is 0 Å². The minimum absolute atomic E-state index is 0.285. The van der Waals surface area contributed by atoms with E-state index in [4.69, 9.17) is 10.2 Å². The number of benzene rings is 1. The Morgan fingerprint density at radius 3 is 2.76 bits per heavy atom. The van der Waals surface area contributed by atoms with Gasteiger partial charge in [-0.3, -0.25) is 4.90 Å². The van der Waals surface area contributed by atoms with E-state index in [1.165, 1.54) is 36.6 Å². The summed E-state index contributed by atoms with van der Waals surface area (Å²) in [6.07, 6.45) is 5.09. The van der Waals surface area contributed by atoms with E-state index in [0.717, 1.165) is 23.9 Å². The molecule has 3 nitrogen and oxygen atoms in total. The van der Waals surface area contributed by atoms with Crippen LogP contribution in [-0.2, 0) is 0 Å². The van der Waals surface area contributed by atoms with Crippen LogP contribution < -0.4 is 5.73 Å². The van der Waals surface area contributed by atoms with Crippen LogP contribution >= 0.6 is 0 Å². The van der Waals surface area contributed by atoms with Gasteiger partial charge < -0.3 is 10.2 Å². The van der Waals surface area contributed by atoms with Crippen molar-refractivity contribution in [2.45, 2.75) is 51.6 Å². The van der Waals surface area contributed by atoms with Crippen molar-refractivity contribution in [3.05, 3.63) is 35.6 Å². The maximum absolute atomic E-state index is 6.18. The fourth-order valence-electron chi connectivity index (χ4n) is 3.36. The molecule has 2 aromatic rings. The lowest BCUT2D eigenvalue weighted by atomic mass is 10.0. The van der Waals surface area contributed by atoms with Crippen molar-refractivity contribution in [2.24, 2.45) is 5.73 Å². The zero-order valence-electron chi connectivity index (χ0n) is 13.1. The zero-order valence-corrected chi connectivity index (χ0v) is 13.1. The number of nitrogens with zero attached hydrogens (tertiary/aromatic N) is 1. The van der Waals surface area contributed by atoms with Gasteiger partial charge in [-0.25, -0.2) is 0 Å². The van der Waals surface area contributed by atoms with Crippen LogP contribution in [-0.4, -0.2) is 24.0 Å². The van der Waals surface area contributed by atoms with E-state index >= 15 is 0 Å². The highest BCUT2D eigenvalue weighted by atomic mass is 16.3. The van der Waals surface area contributed by atoms with Gasteiger partial charge in [-0.1, -0.05) is 31.5 Å². The molecule has 3 rings (SSSR count). The van der Waals surface area contributed by atoms with Crippen molar-refractivity contribution < 1.29 is 4.42 Å². The van der Waals surface area contributed by atoms with E-state index in [0.29, 0.717) is 6.54 Å².